The van der Waals surface area contributed by atoms with Crippen LogP contribution in [0.4, 0.5) is 5.69 Å². The molecule has 1 radical (unpaired) electrons. The van der Waals surface area contributed by atoms with Crippen LogP contribution in [0.25, 0.3) is 0 Å². The molecule has 61 valence electrons. The molecule has 2 rings (SSSR count). The molecule has 0 saturated heterocycles. The molecule has 0 amide bonds. The Bertz CT molecular complexity index is 318. The van der Waals surface area contributed by atoms with E-state index in [9.17, 15) is 10.1 Å². The molecule has 1 aromatic rings. The minimum atomic E-state index is -0.318. The van der Waals surface area contributed by atoms with Gasteiger partial charge in [-0.3, -0.25) is 10.1 Å². The molecule has 12 heavy (non-hydrogen) atoms. The summed E-state index contributed by atoms with van der Waals surface area (Å²) in [6.07, 6.45) is 2.16. The first-order chi connectivity index (χ1) is 5.79. The Labute approximate surface area is 70.2 Å². The van der Waals surface area contributed by atoms with Crippen LogP contribution in [-0.4, -0.2) is 4.92 Å². The summed E-state index contributed by atoms with van der Waals surface area (Å²) in [5.74, 6) is 0.419. The Morgan fingerprint density at radius 3 is 2.92 bits per heavy atom. The minimum Gasteiger partial charge on any atom is -0.258 e. The molecule has 0 bridgehead atoms. The summed E-state index contributed by atoms with van der Waals surface area (Å²) in [5.41, 5.74) is 1.10. The van der Waals surface area contributed by atoms with Crippen LogP contribution >= 0.6 is 0 Å². The molecule has 1 aliphatic carbocycles. The van der Waals surface area contributed by atoms with E-state index in [2.05, 4.69) is 6.07 Å². The molecule has 0 aliphatic heterocycles. The highest BCUT2D eigenvalue weighted by Gasteiger charge is 2.29. The van der Waals surface area contributed by atoms with E-state index >= 15 is 0 Å². The lowest BCUT2D eigenvalue weighted by Gasteiger charge is -1.97. The Balaban J connectivity index is 2.43. The number of nitro groups is 1. The minimum absolute atomic E-state index is 0.247. The number of hydrogen-bond donors (Lipinski definition) is 0. The third-order valence-electron chi connectivity index (χ3n) is 2.09. The zero-order valence-corrected chi connectivity index (χ0v) is 6.49. The molecule has 1 aromatic carbocycles. The van der Waals surface area contributed by atoms with Gasteiger partial charge in [0.1, 0.15) is 0 Å². The van der Waals surface area contributed by atoms with Crippen molar-refractivity contribution < 1.29 is 4.92 Å². The molecule has 0 unspecified atom stereocenters. The molecule has 0 aromatic heterocycles. The van der Waals surface area contributed by atoms with Crippen molar-refractivity contribution in [3.8, 4) is 0 Å². The standard InChI is InChI=1S/C9H8NO2/c11-10(12)9-4-2-1-3-8(9)7-5-6-7/h2-4,7H,5-6H2. The Morgan fingerprint density at radius 2 is 2.33 bits per heavy atom. The molecule has 0 spiro atoms. The smallest absolute Gasteiger partial charge is 0.258 e. The second kappa shape index (κ2) is 2.59. The maximum atomic E-state index is 10.5. The maximum absolute atomic E-state index is 10.5. The van der Waals surface area contributed by atoms with E-state index in [4.69, 9.17) is 0 Å². The first-order valence-electron chi connectivity index (χ1n) is 3.93. The zero-order valence-electron chi connectivity index (χ0n) is 6.49. The van der Waals surface area contributed by atoms with Crippen molar-refractivity contribution in [2.24, 2.45) is 0 Å². The van der Waals surface area contributed by atoms with Crippen molar-refractivity contribution in [2.75, 3.05) is 0 Å². The lowest BCUT2D eigenvalue weighted by atomic mass is 10.1. The van der Waals surface area contributed by atoms with Crippen LogP contribution in [0, 0.1) is 16.2 Å². The number of nitrogens with zero attached hydrogens (tertiary/aromatic N) is 1. The lowest BCUT2D eigenvalue weighted by molar-refractivity contribution is -0.385. The van der Waals surface area contributed by atoms with Gasteiger partial charge in [-0.25, -0.2) is 0 Å². The third-order valence-corrected chi connectivity index (χ3v) is 2.09. The van der Waals surface area contributed by atoms with E-state index in [0.717, 1.165) is 18.4 Å². The summed E-state index contributed by atoms with van der Waals surface area (Å²) < 4.78 is 0. The molecule has 0 atom stereocenters. The number of nitro benzene ring substituents is 1. The van der Waals surface area contributed by atoms with Crippen LogP contribution in [0.3, 0.4) is 0 Å². The topological polar surface area (TPSA) is 43.1 Å². The first-order valence-corrected chi connectivity index (χ1v) is 3.93. The normalized spacial score (nSPS) is 16.0. The molecule has 1 aliphatic rings. The first kappa shape index (κ1) is 7.28. The molecule has 1 saturated carbocycles. The Kier molecular flexibility index (Phi) is 1.57. The zero-order chi connectivity index (χ0) is 8.55. The lowest BCUT2D eigenvalue weighted by Crippen LogP contribution is -1.92. The fourth-order valence-electron chi connectivity index (χ4n) is 1.32. The highest BCUT2D eigenvalue weighted by molar-refractivity contribution is 5.43. The van der Waals surface area contributed by atoms with E-state index in [1.807, 2.05) is 0 Å². The largest absolute Gasteiger partial charge is 0.272 e. The summed E-state index contributed by atoms with van der Waals surface area (Å²) in [4.78, 5) is 10.2. The average molecular weight is 162 g/mol. The highest BCUT2D eigenvalue weighted by Crippen LogP contribution is 2.43. The van der Waals surface area contributed by atoms with Crippen molar-refractivity contribution in [1.29, 1.82) is 0 Å². The van der Waals surface area contributed by atoms with Crippen LogP contribution < -0.4 is 0 Å². The molecule has 3 heteroatoms. The molecule has 0 heterocycles. The van der Waals surface area contributed by atoms with Crippen LogP contribution in [0.2, 0.25) is 0 Å². The fourth-order valence-corrected chi connectivity index (χ4v) is 1.32. The van der Waals surface area contributed by atoms with E-state index in [0.29, 0.717) is 5.92 Å². The van der Waals surface area contributed by atoms with Gasteiger partial charge in [0.05, 0.1) is 4.92 Å². The molecular formula is C9H8NO2. The Hall–Kier alpha value is -1.38. The van der Waals surface area contributed by atoms with Crippen LogP contribution in [0.5, 0.6) is 0 Å². The van der Waals surface area contributed by atoms with Gasteiger partial charge in [-0.15, -0.1) is 0 Å². The number of rotatable bonds is 2. The summed E-state index contributed by atoms with van der Waals surface area (Å²) in [5, 5.41) is 10.5. The summed E-state index contributed by atoms with van der Waals surface area (Å²) in [6, 6.07) is 7.71. The SMILES string of the molecule is O=[N+]([O-])c1cc[c]cc1C1CC1. The summed E-state index contributed by atoms with van der Waals surface area (Å²) >= 11 is 0. The van der Waals surface area contributed by atoms with Gasteiger partial charge in [-0.2, -0.15) is 0 Å². The second-order valence-electron chi connectivity index (χ2n) is 3.02. The van der Waals surface area contributed by atoms with Gasteiger partial charge in [0.2, 0.25) is 0 Å². The highest BCUT2D eigenvalue weighted by atomic mass is 16.6. The van der Waals surface area contributed by atoms with Gasteiger partial charge in [0.15, 0.2) is 0 Å². The third kappa shape index (κ3) is 1.18. The molecule has 3 nitrogen and oxygen atoms in total. The van der Waals surface area contributed by atoms with Crippen molar-refractivity contribution in [3.63, 3.8) is 0 Å². The molecular weight excluding hydrogens is 154 g/mol. The van der Waals surface area contributed by atoms with Crippen LogP contribution in [0.15, 0.2) is 18.2 Å². The van der Waals surface area contributed by atoms with E-state index < -0.39 is 0 Å². The predicted molar refractivity (Wildman–Crippen MR) is 43.9 cm³/mol. The average Bonchev–Trinajstić information content (AvgIpc) is 2.87. The van der Waals surface area contributed by atoms with Crippen molar-refractivity contribution in [3.05, 3.63) is 39.9 Å². The van der Waals surface area contributed by atoms with Gasteiger partial charge in [0, 0.05) is 11.6 Å². The number of benzene rings is 1. The van der Waals surface area contributed by atoms with E-state index in [1.165, 1.54) is 6.07 Å². The predicted octanol–water partition coefficient (Wildman–Crippen LogP) is 2.27. The molecule has 0 N–H and O–H groups in total. The van der Waals surface area contributed by atoms with Gasteiger partial charge >= 0.3 is 0 Å². The Morgan fingerprint density at radius 1 is 1.58 bits per heavy atom. The van der Waals surface area contributed by atoms with Crippen LogP contribution in [-0.2, 0) is 0 Å². The van der Waals surface area contributed by atoms with Crippen LogP contribution in [0.1, 0.15) is 24.3 Å². The number of hydrogen-bond acceptors (Lipinski definition) is 2. The monoisotopic (exact) mass is 162 g/mol. The van der Waals surface area contributed by atoms with Crippen molar-refractivity contribution in [2.45, 2.75) is 18.8 Å². The van der Waals surface area contributed by atoms with Gasteiger partial charge in [-0.1, -0.05) is 0 Å². The summed E-state index contributed by atoms with van der Waals surface area (Å²) in [7, 11) is 0. The second-order valence-corrected chi connectivity index (χ2v) is 3.02. The summed E-state index contributed by atoms with van der Waals surface area (Å²) in [6.45, 7) is 0. The van der Waals surface area contributed by atoms with Gasteiger partial charge < -0.3 is 0 Å². The maximum Gasteiger partial charge on any atom is 0.272 e. The van der Waals surface area contributed by atoms with E-state index in [-0.39, 0.29) is 10.6 Å². The van der Waals surface area contributed by atoms with Crippen molar-refractivity contribution in [1.82, 2.24) is 0 Å². The van der Waals surface area contributed by atoms with Gasteiger partial charge in [0.25, 0.3) is 5.69 Å². The van der Waals surface area contributed by atoms with Gasteiger partial charge in [-0.05, 0) is 37.0 Å². The van der Waals surface area contributed by atoms with Crippen molar-refractivity contribution >= 4 is 5.69 Å². The van der Waals surface area contributed by atoms with E-state index in [1.54, 1.807) is 12.1 Å². The quantitative estimate of drug-likeness (QED) is 0.494. The molecule has 1 fully saturated rings. The fraction of sp³-hybridized carbons (Fsp3) is 0.333.